The predicted octanol–water partition coefficient (Wildman–Crippen LogP) is 3.63. The average molecular weight is 445 g/mol. The largest absolute Gasteiger partial charge is 0.477 e. The van der Waals surface area contributed by atoms with E-state index >= 15 is 0 Å². The van der Waals surface area contributed by atoms with Crippen molar-refractivity contribution in [2.45, 2.75) is 25.2 Å². The molecular weight excluding hydrogens is 423 g/mol. The molecule has 1 saturated heterocycles. The van der Waals surface area contributed by atoms with Gasteiger partial charge in [-0.1, -0.05) is 12.1 Å². The van der Waals surface area contributed by atoms with Crippen LogP contribution in [-0.4, -0.2) is 65.3 Å². The molecule has 0 saturated carbocycles. The van der Waals surface area contributed by atoms with E-state index in [0.29, 0.717) is 35.4 Å². The number of nitrogens with zero attached hydrogens (tertiary/aromatic N) is 5. The van der Waals surface area contributed by atoms with Crippen molar-refractivity contribution in [3.8, 4) is 23.1 Å². The minimum Gasteiger partial charge on any atom is -0.477 e. The number of likely N-dealkylation sites (N-methyl/N-ethyl adjacent to an activating group) is 1. The molecule has 1 atom stereocenters. The highest BCUT2D eigenvalue weighted by molar-refractivity contribution is 5.83. The van der Waals surface area contributed by atoms with Crippen molar-refractivity contribution in [2.24, 2.45) is 0 Å². The summed E-state index contributed by atoms with van der Waals surface area (Å²) < 4.78 is 50.9. The molecule has 1 aliphatic rings. The summed E-state index contributed by atoms with van der Waals surface area (Å²) in [6.07, 6.45) is -3.86. The number of fused-ring (bicyclic) bond motifs is 1. The zero-order chi connectivity index (χ0) is 22.7. The van der Waals surface area contributed by atoms with Crippen LogP contribution in [-0.2, 0) is 11.3 Å². The zero-order valence-corrected chi connectivity index (χ0v) is 17.5. The zero-order valence-electron chi connectivity index (χ0n) is 17.5. The number of nitriles is 1. The van der Waals surface area contributed by atoms with Crippen LogP contribution in [0.4, 0.5) is 13.2 Å². The predicted molar refractivity (Wildman–Crippen MR) is 111 cm³/mol. The van der Waals surface area contributed by atoms with Gasteiger partial charge in [0, 0.05) is 18.7 Å². The molecule has 3 aromatic rings. The lowest BCUT2D eigenvalue weighted by Crippen LogP contribution is -2.42. The molecule has 4 rings (SSSR count). The average Bonchev–Trinajstić information content (AvgIpc) is 3.14. The van der Waals surface area contributed by atoms with Gasteiger partial charge < -0.3 is 14.4 Å². The van der Waals surface area contributed by atoms with Gasteiger partial charge in [-0.15, -0.1) is 0 Å². The van der Waals surface area contributed by atoms with Gasteiger partial charge in [-0.2, -0.15) is 23.5 Å². The number of aromatic nitrogens is 3. The fourth-order valence-corrected chi connectivity index (χ4v) is 3.61. The number of morpholine rings is 1. The van der Waals surface area contributed by atoms with Crippen LogP contribution >= 0.6 is 0 Å². The van der Waals surface area contributed by atoms with E-state index in [2.05, 4.69) is 21.1 Å². The van der Waals surface area contributed by atoms with Crippen LogP contribution in [0.1, 0.15) is 12.0 Å². The van der Waals surface area contributed by atoms with Crippen LogP contribution in [0, 0.1) is 11.3 Å². The first-order valence-corrected chi connectivity index (χ1v) is 10.2. The summed E-state index contributed by atoms with van der Waals surface area (Å²) in [6, 6.07) is 10.6. The van der Waals surface area contributed by atoms with E-state index in [9.17, 15) is 13.2 Å². The summed E-state index contributed by atoms with van der Waals surface area (Å²) in [5.74, 6) is 0.0969. The minimum atomic E-state index is -4.32. The lowest BCUT2D eigenvalue weighted by molar-refractivity contribution is -0.139. The van der Waals surface area contributed by atoms with E-state index in [-0.39, 0.29) is 12.0 Å². The molecule has 0 N–H and O–H groups in total. The molecule has 0 aliphatic carbocycles. The monoisotopic (exact) mass is 445 g/mol. The molecule has 1 aromatic carbocycles. The van der Waals surface area contributed by atoms with Gasteiger partial charge in [-0.05, 0) is 30.8 Å². The lowest BCUT2D eigenvalue weighted by Gasteiger charge is -2.30. The van der Waals surface area contributed by atoms with Crippen LogP contribution < -0.4 is 4.74 Å². The maximum Gasteiger partial charge on any atom is 0.392 e. The normalized spacial score (nSPS) is 17.4. The van der Waals surface area contributed by atoms with Gasteiger partial charge in [0.1, 0.15) is 5.52 Å². The Morgan fingerprint density at radius 1 is 1.28 bits per heavy atom. The molecule has 2 aromatic heterocycles. The second kappa shape index (κ2) is 9.14. The van der Waals surface area contributed by atoms with Crippen LogP contribution in [0.15, 0.2) is 36.5 Å². The fraction of sp³-hybridized carbons (Fsp3) is 0.409. The van der Waals surface area contributed by atoms with Crippen molar-refractivity contribution in [2.75, 3.05) is 33.4 Å². The molecule has 0 radical (unpaired) electrons. The van der Waals surface area contributed by atoms with Gasteiger partial charge in [-0.25, -0.2) is 4.98 Å². The Balaban J connectivity index is 1.68. The Labute approximate surface area is 183 Å². The Morgan fingerprint density at radius 3 is 2.75 bits per heavy atom. The van der Waals surface area contributed by atoms with Crippen molar-refractivity contribution >= 4 is 11.0 Å². The van der Waals surface area contributed by atoms with Crippen molar-refractivity contribution in [1.82, 2.24) is 19.7 Å². The first-order valence-electron chi connectivity index (χ1n) is 10.2. The second-order valence-corrected chi connectivity index (χ2v) is 7.73. The standard InChI is InChI=1S/C22H22F3N5O2/c1-29-7-9-31-17(13-29)14-30-20-10-18(16-4-2-15(11-26)3-5-16)21(28-19(20)12-27-30)32-8-6-22(23,24)25/h2-5,10,12,17H,6-9,13-14H2,1H3. The first kappa shape index (κ1) is 22.0. The van der Waals surface area contributed by atoms with Gasteiger partial charge in [-0.3, -0.25) is 4.68 Å². The summed E-state index contributed by atoms with van der Waals surface area (Å²) in [7, 11) is 2.03. The molecule has 168 valence electrons. The van der Waals surface area contributed by atoms with E-state index in [4.69, 9.17) is 14.7 Å². The number of pyridine rings is 1. The molecule has 10 heteroatoms. The highest BCUT2D eigenvalue weighted by Crippen LogP contribution is 2.33. The highest BCUT2D eigenvalue weighted by atomic mass is 19.4. The molecular formula is C22H22F3N5O2. The van der Waals surface area contributed by atoms with Gasteiger partial charge >= 0.3 is 6.18 Å². The Morgan fingerprint density at radius 2 is 2.06 bits per heavy atom. The number of ether oxygens (including phenoxy) is 2. The Kier molecular flexibility index (Phi) is 6.30. The minimum absolute atomic E-state index is 0.0297. The van der Waals surface area contributed by atoms with Crippen molar-refractivity contribution in [3.05, 3.63) is 42.1 Å². The Hall–Kier alpha value is -3.16. The third kappa shape index (κ3) is 5.18. The van der Waals surface area contributed by atoms with Crippen molar-refractivity contribution in [1.29, 1.82) is 5.26 Å². The third-order valence-electron chi connectivity index (χ3n) is 5.26. The van der Waals surface area contributed by atoms with Crippen molar-refractivity contribution in [3.63, 3.8) is 0 Å². The second-order valence-electron chi connectivity index (χ2n) is 7.73. The molecule has 3 heterocycles. The number of hydrogen-bond acceptors (Lipinski definition) is 6. The molecule has 1 unspecified atom stereocenters. The topological polar surface area (TPSA) is 76.2 Å². The maximum absolute atomic E-state index is 12.6. The molecule has 32 heavy (non-hydrogen) atoms. The van der Waals surface area contributed by atoms with Crippen LogP contribution in [0.25, 0.3) is 22.2 Å². The summed E-state index contributed by atoms with van der Waals surface area (Å²) in [6.45, 7) is 2.28. The van der Waals surface area contributed by atoms with E-state index in [1.807, 2.05) is 13.1 Å². The van der Waals surface area contributed by atoms with E-state index in [1.165, 1.54) is 0 Å². The summed E-state index contributed by atoms with van der Waals surface area (Å²) >= 11 is 0. The summed E-state index contributed by atoms with van der Waals surface area (Å²) in [5, 5.41) is 13.5. The smallest absolute Gasteiger partial charge is 0.392 e. The molecule has 0 bridgehead atoms. The first-order chi connectivity index (χ1) is 15.3. The summed E-state index contributed by atoms with van der Waals surface area (Å²) in [5.41, 5.74) is 2.94. The molecule has 1 aliphatic heterocycles. The third-order valence-corrected chi connectivity index (χ3v) is 5.26. The number of alkyl halides is 3. The Bertz CT molecular complexity index is 1120. The lowest BCUT2D eigenvalue weighted by atomic mass is 10.0. The van der Waals surface area contributed by atoms with Gasteiger partial charge in [0.15, 0.2) is 0 Å². The van der Waals surface area contributed by atoms with Crippen LogP contribution in [0.3, 0.4) is 0 Å². The number of benzene rings is 1. The molecule has 7 nitrogen and oxygen atoms in total. The van der Waals surface area contributed by atoms with E-state index in [0.717, 1.165) is 18.6 Å². The fourth-order valence-electron chi connectivity index (χ4n) is 3.61. The van der Waals surface area contributed by atoms with Gasteiger partial charge in [0.2, 0.25) is 5.88 Å². The van der Waals surface area contributed by atoms with Crippen LogP contribution in [0.5, 0.6) is 5.88 Å². The van der Waals surface area contributed by atoms with Crippen LogP contribution in [0.2, 0.25) is 0 Å². The van der Waals surface area contributed by atoms with Crippen molar-refractivity contribution < 1.29 is 22.6 Å². The number of hydrogen-bond donors (Lipinski definition) is 0. The maximum atomic E-state index is 12.6. The van der Waals surface area contributed by atoms with Gasteiger partial charge in [0.05, 0.1) is 55.6 Å². The summed E-state index contributed by atoms with van der Waals surface area (Å²) in [4.78, 5) is 6.64. The molecule has 0 amide bonds. The number of halogens is 3. The SMILES string of the molecule is CN1CCOC(Cn2ncc3nc(OCCC(F)(F)F)c(-c4ccc(C#N)cc4)cc32)C1. The number of rotatable bonds is 6. The van der Waals surface area contributed by atoms with E-state index in [1.54, 1.807) is 35.1 Å². The van der Waals surface area contributed by atoms with E-state index < -0.39 is 19.2 Å². The molecule has 0 spiro atoms. The van der Waals surface area contributed by atoms with Gasteiger partial charge in [0.25, 0.3) is 0 Å². The quantitative estimate of drug-likeness (QED) is 0.577. The molecule has 1 fully saturated rings. The highest BCUT2D eigenvalue weighted by Gasteiger charge is 2.27.